The van der Waals surface area contributed by atoms with Gasteiger partial charge in [0.2, 0.25) is 0 Å². The van der Waals surface area contributed by atoms with Crippen LogP contribution in [0.3, 0.4) is 0 Å². The van der Waals surface area contributed by atoms with Gasteiger partial charge in [-0.2, -0.15) is 0 Å². The monoisotopic (exact) mass is 196 g/mol. The standard InChI is InChI=1S/C4H5F5OS/c5-11(6,7,8,9)4-2-1-3-10/h2-4H,1H2/b4-2+. The van der Waals surface area contributed by atoms with E-state index in [0.29, 0.717) is 0 Å². The highest BCUT2D eigenvalue weighted by molar-refractivity contribution is 8.48. The van der Waals surface area contributed by atoms with Gasteiger partial charge in [-0.3, -0.25) is 0 Å². The second-order valence-corrected chi connectivity index (χ2v) is 4.13. The summed E-state index contributed by atoms with van der Waals surface area (Å²) >= 11 is 0. The average molecular weight is 196 g/mol. The minimum atomic E-state index is -9.42. The number of rotatable bonds is 3. The second-order valence-electron chi connectivity index (χ2n) is 1.80. The van der Waals surface area contributed by atoms with Crippen molar-refractivity contribution >= 4 is 16.5 Å². The molecule has 7 heteroatoms. The van der Waals surface area contributed by atoms with Crippen molar-refractivity contribution in [3.8, 4) is 0 Å². The van der Waals surface area contributed by atoms with Crippen LogP contribution in [0.5, 0.6) is 0 Å². The molecule has 0 bridgehead atoms. The molecule has 11 heavy (non-hydrogen) atoms. The molecule has 0 unspecified atom stereocenters. The van der Waals surface area contributed by atoms with E-state index in [1.807, 2.05) is 0 Å². The largest absolute Gasteiger partial charge is 0.304 e. The van der Waals surface area contributed by atoms with Gasteiger partial charge in [-0.15, -0.1) is 0 Å². The molecule has 0 saturated carbocycles. The molecule has 0 aliphatic carbocycles. The number of hydrogen-bond donors (Lipinski definition) is 0. The molecule has 0 amide bonds. The fraction of sp³-hybridized carbons (Fsp3) is 0.250. The highest BCUT2D eigenvalue weighted by atomic mass is 32.5. The molecular weight excluding hydrogens is 191 g/mol. The topological polar surface area (TPSA) is 17.1 Å². The van der Waals surface area contributed by atoms with E-state index in [1.54, 1.807) is 0 Å². The summed E-state index contributed by atoms with van der Waals surface area (Å²) in [6.45, 7) is 0. The minimum absolute atomic E-state index is 0.0918. The van der Waals surface area contributed by atoms with Crippen LogP contribution < -0.4 is 0 Å². The van der Waals surface area contributed by atoms with Crippen molar-refractivity contribution in [1.29, 1.82) is 0 Å². The molecule has 0 aromatic heterocycles. The van der Waals surface area contributed by atoms with Crippen molar-refractivity contribution in [3.63, 3.8) is 0 Å². The highest BCUT2D eigenvalue weighted by Gasteiger charge is 2.60. The highest BCUT2D eigenvalue weighted by Crippen LogP contribution is 2.98. The maximum atomic E-state index is 11.3. The van der Waals surface area contributed by atoms with Gasteiger partial charge in [-0.25, -0.2) is 0 Å². The van der Waals surface area contributed by atoms with Crippen LogP contribution in [0.1, 0.15) is 6.42 Å². The summed E-state index contributed by atoms with van der Waals surface area (Å²) in [6, 6.07) is 0. The predicted octanol–water partition coefficient (Wildman–Crippen LogP) is 3.39. The van der Waals surface area contributed by atoms with Crippen molar-refractivity contribution in [2.24, 2.45) is 0 Å². The van der Waals surface area contributed by atoms with Gasteiger partial charge in [0, 0.05) is 6.42 Å². The fourth-order valence-electron chi connectivity index (χ4n) is 0.293. The van der Waals surface area contributed by atoms with Crippen molar-refractivity contribution in [2.45, 2.75) is 6.42 Å². The molecule has 0 rings (SSSR count). The predicted molar refractivity (Wildman–Crippen MR) is 33.0 cm³/mol. The van der Waals surface area contributed by atoms with E-state index in [-0.39, 0.29) is 12.4 Å². The summed E-state index contributed by atoms with van der Waals surface area (Å²) in [5, 5.41) is -1.13. The zero-order valence-electron chi connectivity index (χ0n) is 5.15. The molecule has 0 aromatic rings. The van der Waals surface area contributed by atoms with E-state index in [4.69, 9.17) is 0 Å². The third kappa shape index (κ3) is 9.41. The summed E-state index contributed by atoms with van der Waals surface area (Å²) < 4.78 is 56.7. The lowest BCUT2D eigenvalue weighted by molar-refractivity contribution is -0.107. The van der Waals surface area contributed by atoms with Crippen LogP contribution in [0.4, 0.5) is 19.4 Å². The molecule has 0 heterocycles. The van der Waals surface area contributed by atoms with Gasteiger partial charge in [-0.05, 0) is 0 Å². The Hall–Kier alpha value is -0.590. The summed E-state index contributed by atoms with van der Waals surface area (Å²) in [4.78, 5) is 9.45. The first-order chi connectivity index (χ1) is 4.54. The first kappa shape index (κ1) is 10.4. The van der Waals surface area contributed by atoms with Gasteiger partial charge in [0.15, 0.2) is 0 Å². The van der Waals surface area contributed by atoms with E-state index < -0.39 is 22.1 Å². The number of aldehydes is 1. The average Bonchev–Trinajstić information content (AvgIpc) is 1.59. The Morgan fingerprint density at radius 2 is 1.55 bits per heavy atom. The summed E-state index contributed by atoms with van der Waals surface area (Å²) in [6.07, 6.45) is -0.472. The smallest absolute Gasteiger partial charge is 0.303 e. The normalized spacial score (nSPS) is 19.4. The van der Waals surface area contributed by atoms with Crippen molar-refractivity contribution in [1.82, 2.24) is 0 Å². The molecule has 68 valence electrons. The lowest BCUT2D eigenvalue weighted by Gasteiger charge is -2.36. The van der Waals surface area contributed by atoms with E-state index in [0.717, 1.165) is 0 Å². The van der Waals surface area contributed by atoms with Crippen molar-refractivity contribution in [3.05, 3.63) is 11.5 Å². The van der Waals surface area contributed by atoms with E-state index in [9.17, 15) is 24.2 Å². The fourth-order valence-corrected chi connectivity index (χ4v) is 0.768. The Kier molecular flexibility index (Phi) is 1.86. The van der Waals surface area contributed by atoms with E-state index in [2.05, 4.69) is 0 Å². The first-order valence-corrected chi connectivity index (χ1v) is 4.41. The van der Waals surface area contributed by atoms with Crippen LogP contribution in [0.15, 0.2) is 11.5 Å². The van der Waals surface area contributed by atoms with Gasteiger partial charge in [0.1, 0.15) is 6.29 Å². The lowest BCUT2D eigenvalue weighted by Crippen LogP contribution is -1.98. The number of carbonyl (C=O) groups is 1. The molecule has 1 nitrogen and oxygen atoms in total. The molecule has 0 spiro atoms. The Labute approximate surface area is 59.6 Å². The van der Waals surface area contributed by atoms with Gasteiger partial charge in [-0.1, -0.05) is 25.5 Å². The summed E-state index contributed by atoms with van der Waals surface area (Å²) in [5.41, 5.74) is 0. The summed E-state index contributed by atoms with van der Waals surface area (Å²) in [7, 11) is -9.42. The van der Waals surface area contributed by atoms with Crippen LogP contribution in [0.25, 0.3) is 0 Å². The second kappa shape index (κ2) is 1.96. The lowest BCUT2D eigenvalue weighted by atomic mass is 10.5. The Balaban J connectivity index is 4.49. The number of halogens is 5. The van der Waals surface area contributed by atoms with Crippen LogP contribution in [-0.2, 0) is 4.79 Å². The van der Waals surface area contributed by atoms with Gasteiger partial charge in [0.05, 0.1) is 5.41 Å². The minimum Gasteiger partial charge on any atom is -0.303 e. The number of carbonyl (C=O) groups excluding carboxylic acids is 1. The van der Waals surface area contributed by atoms with E-state index >= 15 is 0 Å². The maximum absolute atomic E-state index is 11.3. The zero-order valence-corrected chi connectivity index (χ0v) is 5.96. The third-order valence-electron chi connectivity index (χ3n) is 0.586. The van der Waals surface area contributed by atoms with Crippen molar-refractivity contribution in [2.75, 3.05) is 0 Å². The molecule has 0 aliphatic rings. The third-order valence-corrected chi connectivity index (χ3v) is 1.29. The van der Waals surface area contributed by atoms with Crippen LogP contribution in [0.2, 0.25) is 0 Å². The molecule has 0 radical (unpaired) electrons. The first-order valence-electron chi connectivity index (χ1n) is 2.39. The van der Waals surface area contributed by atoms with Gasteiger partial charge < -0.3 is 4.79 Å². The molecule has 0 fully saturated rings. The van der Waals surface area contributed by atoms with Crippen molar-refractivity contribution < 1.29 is 24.2 Å². The number of allylic oxidation sites excluding steroid dienone is 1. The Morgan fingerprint density at radius 3 is 1.82 bits per heavy atom. The molecule has 0 aliphatic heterocycles. The molecule has 0 atom stereocenters. The molecular formula is C4H5F5OS. The summed E-state index contributed by atoms with van der Waals surface area (Å²) in [5.74, 6) is 0. The molecule has 0 N–H and O–H groups in total. The molecule has 0 aromatic carbocycles. The quantitative estimate of drug-likeness (QED) is 0.499. The van der Waals surface area contributed by atoms with E-state index in [1.165, 1.54) is 0 Å². The Morgan fingerprint density at radius 1 is 1.09 bits per heavy atom. The van der Waals surface area contributed by atoms with Crippen LogP contribution >= 0.6 is 10.2 Å². The maximum Gasteiger partial charge on any atom is 0.304 e. The number of hydrogen-bond acceptors (Lipinski definition) is 1. The van der Waals surface area contributed by atoms with Crippen LogP contribution in [0, 0.1) is 0 Å². The molecule has 0 saturated heterocycles. The zero-order chi connectivity index (χ0) is 9.24. The van der Waals surface area contributed by atoms with Gasteiger partial charge >= 0.3 is 10.2 Å². The Bertz CT molecular complexity index is 188. The van der Waals surface area contributed by atoms with Gasteiger partial charge in [0.25, 0.3) is 0 Å². The SMILES string of the molecule is O=CC/C=C/S(F)(F)(F)(F)F. The van der Waals surface area contributed by atoms with Crippen LogP contribution in [-0.4, -0.2) is 6.29 Å².